The van der Waals surface area contributed by atoms with E-state index in [1.165, 1.54) is 30.4 Å². The minimum Gasteiger partial charge on any atom is -0.439 e. The van der Waals surface area contributed by atoms with Crippen molar-refractivity contribution in [3.63, 3.8) is 0 Å². The zero-order valence-electron chi connectivity index (χ0n) is 11.8. The van der Waals surface area contributed by atoms with Crippen LogP contribution in [0.3, 0.4) is 0 Å². The average Bonchev–Trinajstić information content (AvgIpc) is 3.11. The van der Waals surface area contributed by atoms with Gasteiger partial charge in [0.1, 0.15) is 0 Å². The number of nitrogens with zero attached hydrogens (tertiary/aromatic N) is 1. The Hall–Kier alpha value is -1.65. The molecule has 106 valence electrons. The van der Waals surface area contributed by atoms with E-state index in [9.17, 15) is 0 Å². The first-order chi connectivity index (χ1) is 9.86. The fourth-order valence-electron chi connectivity index (χ4n) is 2.62. The number of rotatable bonds is 6. The van der Waals surface area contributed by atoms with Crippen LogP contribution < -0.4 is 5.32 Å². The molecule has 20 heavy (non-hydrogen) atoms. The van der Waals surface area contributed by atoms with Crippen LogP contribution >= 0.6 is 0 Å². The summed E-state index contributed by atoms with van der Waals surface area (Å²) in [7, 11) is 1.69. The van der Waals surface area contributed by atoms with Gasteiger partial charge in [-0.25, -0.2) is 4.98 Å². The number of methoxy groups -OCH3 is 1. The van der Waals surface area contributed by atoms with Gasteiger partial charge in [-0.05, 0) is 36.5 Å². The SMILES string of the molecule is COCCNCc1ncc(-c2ccc3c(c2)CCC3)o1. The monoisotopic (exact) mass is 272 g/mol. The number of aromatic nitrogens is 1. The summed E-state index contributed by atoms with van der Waals surface area (Å²) in [6.07, 6.45) is 5.47. The highest BCUT2D eigenvalue weighted by Crippen LogP contribution is 2.28. The molecule has 0 spiro atoms. The lowest BCUT2D eigenvalue weighted by Gasteiger charge is -2.02. The number of benzene rings is 1. The van der Waals surface area contributed by atoms with Crippen LogP contribution in [-0.4, -0.2) is 25.2 Å². The van der Waals surface area contributed by atoms with E-state index in [1.54, 1.807) is 7.11 Å². The summed E-state index contributed by atoms with van der Waals surface area (Å²) >= 11 is 0. The van der Waals surface area contributed by atoms with Crippen LogP contribution in [0.5, 0.6) is 0 Å². The Morgan fingerprint density at radius 1 is 1.30 bits per heavy atom. The molecule has 0 fully saturated rings. The van der Waals surface area contributed by atoms with Crippen molar-refractivity contribution in [1.29, 1.82) is 0 Å². The van der Waals surface area contributed by atoms with Gasteiger partial charge in [0.2, 0.25) is 5.89 Å². The largest absolute Gasteiger partial charge is 0.439 e. The van der Waals surface area contributed by atoms with Crippen LogP contribution in [-0.2, 0) is 24.1 Å². The van der Waals surface area contributed by atoms with Gasteiger partial charge in [-0.15, -0.1) is 0 Å². The van der Waals surface area contributed by atoms with E-state index >= 15 is 0 Å². The second-order valence-electron chi connectivity index (χ2n) is 5.12. The minimum atomic E-state index is 0.633. The molecule has 0 saturated carbocycles. The van der Waals surface area contributed by atoms with Gasteiger partial charge >= 0.3 is 0 Å². The molecule has 1 heterocycles. The van der Waals surface area contributed by atoms with Crippen molar-refractivity contribution < 1.29 is 9.15 Å². The summed E-state index contributed by atoms with van der Waals surface area (Å²) in [5, 5.41) is 3.23. The molecule has 0 bridgehead atoms. The third-order valence-electron chi connectivity index (χ3n) is 3.70. The molecule has 0 aliphatic heterocycles. The maximum Gasteiger partial charge on any atom is 0.208 e. The molecule has 3 rings (SSSR count). The normalized spacial score (nSPS) is 13.7. The molecule has 0 atom stereocenters. The Morgan fingerprint density at radius 3 is 3.10 bits per heavy atom. The first-order valence-electron chi connectivity index (χ1n) is 7.13. The number of hydrogen-bond donors (Lipinski definition) is 1. The molecule has 1 aliphatic carbocycles. The quantitative estimate of drug-likeness (QED) is 0.821. The fraction of sp³-hybridized carbons (Fsp3) is 0.438. The van der Waals surface area contributed by atoms with Crippen LogP contribution in [0.4, 0.5) is 0 Å². The molecule has 1 aromatic heterocycles. The van der Waals surface area contributed by atoms with E-state index in [1.807, 2.05) is 6.20 Å². The molecule has 4 heteroatoms. The number of ether oxygens (including phenoxy) is 1. The summed E-state index contributed by atoms with van der Waals surface area (Å²) in [6, 6.07) is 6.59. The van der Waals surface area contributed by atoms with E-state index in [-0.39, 0.29) is 0 Å². The summed E-state index contributed by atoms with van der Waals surface area (Å²) < 4.78 is 10.8. The average molecular weight is 272 g/mol. The van der Waals surface area contributed by atoms with Crippen molar-refractivity contribution >= 4 is 0 Å². The van der Waals surface area contributed by atoms with Crippen LogP contribution in [0.15, 0.2) is 28.8 Å². The van der Waals surface area contributed by atoms with Gasteiger partial charge in [-0.1, -0.05) is 12.1 Å². The van der Waals surface area contributed by atoms with E-state index in [4.69, 9.17) is 9.15 Å². The highest BCUT2D eigenvalue weighted by atomic mass is 16.5. The number of aryl methyl sites for hydroxylation is 2. The number of oxazole rings is 1. The van der Waals surface area contributed by atoms with Gasteiger partial charge in [-0.3, -0.25) is 0 Å². The smallest absolute Gasteiger partial charge is 0.208 e. The second kappa shape index (κ2) is 6.20. The Labute approximate surface area is 119 Å². The van der Waals surface area contributed by atoms with E-state index in [2.05, 4.69) is 28.5 Å². The molecule has 2 aromatic rings. The Morgan fingerprint density at radius 2 is 2.20 bits per heavy atom. The summed E-state index contributed by atoms with van der Waals surface area (Å²) in [5.74, 6) is 1.57. The first kappa shape index (κ1) is 13.3. The molecule has 0 radical (unpaired) electrons. The lowest BCUT2D eigenvalue weighted by atomic mass is 10.1. The Balaban J connectivity index is 1.67. The third kappa shape index (κ3) is 2.92. The van der Waals surface area contributed by atoms with E-state index < -0.39 is 0 Å². The van der Waals surface area contributed by atoms with Crippen molar-refractivity contribution in [2.45, 2.75) is 25.8 Å². The van der Waals surface area contributed by atoms with Crippen molar-refractivity contribution in [1.82, 2.24) is 10.3 Å². The molecule has 4 nitrogen and oxygen atoms in total. The molecule has 1 N–H and O–H groups in total. The molecular weight excluding hydrogens is 252 g/mol. The van der Waals surface area contributed by atoms with Crippen molar-refractivity contribution in [3.05, 3.63) is 41.4 Å². The van der Waals surface area contributed by atoms with Crippen LogP contribution in [0.1, 0.15) is 23.4 Å². The van der Waals surface area contributed by atoms with Gasteiger partial charge in [0.05, 0.1) is 19.3 Å². The highest BCUT2D eigenvalue weighted by Gasteiger charge is 2.13. The van der Waals surface area contributed by atoms with Crippen molar-refractivity contribution in [2.24, 2.45) is 0 Å². The topological polar surface area (TPSA) is 47.3 Å². The van der Waals surface area contributed by atoms with E-state index in [0.717, 1.165) is 23.8 Å². The molecular formula is C16H20N2O2. The maximum absolute atomic E-state index is 5.80. The summed E-state index contributed by atoms with van der Waals surface area (Å²) in [6.45, 7) is 2.12. The number of nitrogens with one attached hydrogen (secondary N) is 1. The van der Waals surface area contributed by atoms with Gasteiger partial charge < -0.3 is 14.5 Å². The highest BCUT2D eigenvalue weighted by molar-refractivity contribution is 5.59. The van der Waals surface area contributed by atoms with Gasteiger partial charge in [0.25, 0.3) is 0 Å². The second-order valence-corrected chi connectivity index (χ2v) is 5.12. The fourth-order valence-corrected chi connectivity index (χ4v) is 2.62. The Kier molecular flexibility index (Phi) is 4.14. The van der Waals surface area contributed by atoms with Crippen LogP contribution in [0, 0.1) is 0 Å². The molecule has 0 saturated heterocycles. The molecule has 1 aromatic carbocycles. The van der Waals surface area contributed by atoms with E-state index in [0.29, 0.717) is 13.2 Å². The number of fused-ring (bicyclic) bond motifs is 1. The zero-order chi connectivity index (χ0) is 13.8. The van der Waals surface area contributed by atoms with Gasteiger partial charge in [0, 0.05) is 19.2 Å². The third-order valence-corrected chi connectivity index (χ3v) is 3.70. The predicted octanol–water partition coefficient (Wildman–Crippen LogP) is 2.57. The first-order valence-corrected chi connectivity index (χ1v) is 7.13. The van der Waals surface area contributed by atoms with Crippen LogP contribution in [0.2, 0.25) is 0 Å². The van der Waals surface area contributed by atoms with Gasteiger partial charge in [0.15, 0.2) is 5.76 Å². The standard InChI is InChI=1S/C16H20N2O2/c1-19-8-7-17-11-16-18-10-15(20-16)14-6-5-12-3-2-4-13(12)9-14/h5-6,9-10,17H,2-4,7-8,11H2,1H3. The summed E-state index contributed by atoms with van der Waals surface area (Å²) in [4.78, 5) is 4.31. The lowest BCUT2D eigenvalue weighted by Crippen LogP contribution is -2.18. The molecule has 0 unspecified atom stereocenters. The van der Waals surface area contributed by atoms with Crippen molar-refractivity contribution in [3.8, 4) is 11.3 Å². The maximum atomic E-state index is 5.80. The molecule has 1 aliphatic rings. The van der Waals surface area contributed by atoms with Crippen molar-refractivity contribution in [2.75, 3.05) is 20.3 Å². The number of hydrogen-bond acceptors (Lipinski definition) is 4. The summed E-state index contributed by atoms with van der Waals surface area (Å²) in [5.41, 5.74) is 4.06. The predicted molar refractivity (Wildman–Crippen MR) is 77.5 cm³/mol. The minimum absolute atomic E-state index is 0.633. The zero-order valence-corrected chi connectivity index (χ0v) is 11.8. The molecule has 0 amide bonds. The van der Waals surface area contributed by atoms with Crippen LogP contribution in [0.25, 0.3) is 11.3 Å². The Bertz CT molecular complexity index is 578. The lowest BCUT2D eigenvalue weighted by molar-refractivity contribution is 0.198. The van der Waals surface area contributed by atoms with Gasteiger partial charge in [-0.2, -0.15) is 0 Å².